The van der Waals surface area contributed by atoms with Crippen LogP contribution in [0.25, 0.3) is 10.9 Å². The summed E-state index contributed by atoms with van der Waals surface area (Å²) in [6, 6.07) is 14.7. The van der Waals surface area contributed by atoms with Gasteiger partial charge in [-0.2, -0.15) is 0 Å². The zero-order chi connectivity index (χ0) is 16.2. The first kappa shape index (κ1) is 15.1. The zero-order valence-electron chi connectivity index (χ0n) is 12.5. The van der Waals surface area contributed by atoms with Crippen molar-refractivity contribution in [1.29, 1.82) is 0 Å². The molecule has 1 aromatic heterocycles. The molecule has 1 heterocycles. The van der Waals surface area contributed by atoms with E-state index < -0.39 is 12.1 Å². The maximum absolute atomic E-state index is 11.6. The van der Waals surface area contributed by atoms with Crippen LogP contribution in [-0.2, 0) is 11.2 Å². The molecule has 0 fully saturated rings. The number of aromatic amines is 1. The van der Waals surface area contributed by atoms with E-state index in [2.05, 4.69) is 4.98 Å². The van der Waals surface area contributed by atoms with E-state index in [0.29, 0.717) is 24.3 Å². The number of benzene rings is 2. The van der Waals surface area contributed by atoms with Gasteiger partial charge in [0.2, 0.25) is 6.10 Å². The molecule has 5 heteroatoms. The molecule has 0 bridgehead atoms. The first-order chi connectivity index (χ1) is 11.2. The van der Waals surface area contributed by atoms with Gasteiger partial charge in [-0.05, 0) is 42.8 Å². The maximum Gasteiger partial charge on any atom is 0.349 e. The summed E-state index contributed by atoms with van der Waals surface area (Å²) in [5, 5.41) is 10.5. The molecular weight excluding hydrogens is 292 g/mol. The number of carboxylic acids is 1. The van der Waals surface area contributed by atoms with E-state index in [-0.39, 0.29) is 0 Å². The van der Waals surface area contributed by atoms with Gasteiger partial charge in [-0.25, -0.2) is 4.79 Å². The van der Waals surface area contributed by atoms with E-state index >= 15 is 0 Å². The second-order valence-corrected chi connectivity index (χ2v) is 5.35. The highest BCUT2D eigenvalue weighted by Gasteiger charge is 2.22. The Bertz CT molecular complexity index is 826. The Labute approximate surface area is 133 Å². The van der Waals surface area contributed by atoms with Gasteiger partial charge < -0.3 is 20.6 Å². The quantitative estimate of drug-likeness (QED) is 0.653. The normalized spacial score (nSPS) is 12.2. The molecule has 3 rings (SSSR count). The Morgan fingerprint density at radius 1 is 1.22 bits per heavy atom. The molecule has 0 aliphatic rings. The number of ether oxygens (including phenoxy) is 1. The summed E-state index contributed by atoms with van der Waals surface area (Å²) in [6.45, 7) is 0.520. The molecule has 1 unspecified atom stereocenters. The smallest absolute Gasteiger partial charge is 0.349 e. The Morgan fingerprint density at radius 3 is 2.87 bits per heavy atom. The molecule has 0 amide bonds. The molecule has 0 aliphatic heterocycles. The molecule has 5 nitrogen and oxygen atoms in total. The van der Waals surface area contributed by atoms with E-state index in [1.54, 1.807) is 12.1 Å². The third-order valence-electron chi connectivity index (χ3n) is 3.69. The summed E-state index contributed by atoms with van der Waals surface area (Å²) < 4.78 is 5.73. The van der Waals surface area contributed by atoms with Crippen molar-refractivity contribution >= 4 is 16.9 Å². The second-order valence-electron chi connectivity index (χ2n) is 5.35. The van der Waals surface area contributed by atoms with Crippen LogP contribution in [0.15, 0.2) is 54.7 Å². The minimum atomic E-state index is -1.05. The lowest BCUT2D eigenvalue weighted by atomic mass is 10.0. The average Bonchev–Trinajstić information content (AvgIpc) is 3.00. The van der Waals surface area contributed by atoms with E-state index in [9.17, 15) is 9.90 Å². The second kappa shape index (κ2) is 6.54. The number of hydrogen-bond donors (Lipinski definition) is 3. The Balaban J connectivity index is 1.89. The molecule has 0 aliphatic carbocycles. The number of hydrogen-bond acceptors (Lipinski definition) is 3. The van der Waals surface area contributed by atoms with Crippen LogP contribution >= 0.6 is 0 Å². The Kier molecular flexibility index (Phi) is 4.30. The first-order valence-corrected chi connectivity index (χ1v) is 7.43. The molecule has 0 saturated carbocycles. The zero-order valence-corrected chi connectivity index (χ0v) is 12.5. The topological polar surface area (TPSA) is 88.3 Å². The average molecular weight is 310 g/mol. The van der Waals surface area contributed by atoms with E-state index in [4.69, 9.17) is 10.5 Å². The fourth-order valence-corrected chi connectivity index (χ4v) is 2.58. The van der Waals surface area contributed by atoms with E-state index in [1.807, 2.05) is 42.6 Å². The lowest BCUT2D eigenvalue weighted by Crippen LogP contribution is -2.18. The number of carbonyl (C=O) groups is 1. The van der Waals surface area contributed by atoms with Crippen molar-refractivity contribution in [2.24, 2.45) is 5.73 Å². The van der Waals surface area contributed by atoms with E-state index in [0.717, 1.165) is 16.5 Å². The van der Waals surface area contributed by atoms with Gasteiger partial charge in [-0.1, -0.05) is 24.3 Å². The monoisotopic (exact) mass is 310 g/mol. The van der Waals surface area contributed by atoms with Gasteiger partial charge in [0.25, 0.3) is 0 Å². The number of rotatable bonds is 6. The molecule has 0 radical (unpaired) electrons. The van der Waals surface area contributed by atoms with Crippen molar-refractivity contribution in [3.63, 3.8) is 0 Å². The van der Waals surface area contributed by atoms with Gasteiger partial charge in [0.1, 0.15) is 5.75 Å². The number of nitrogens with two attached hydrogens (primary N) is 1. The summed E-state index contributed by atoms with van der Waals surface area (Å²) >= 11 is 0. The molecule has 0 spiro atoms. The Hall–Kier alpha value is -2.79. The maximum atomic E-state index is 11.6. The predicted octanol–water partition coefficient (Wildman–Crippen LogP) is 2.87. The molecule has 2 aromatic carbocycles. The van der Waals surface area contributed by atoms with Crippen molar-refractivity contribution < 1.29 is 14.6 Å². The van der Waals surface area contributed by atoms with Crippen LogP contribution in [0.5, 0.6) is 5.75 Å². The summed E-state index contributed by atoms with van der Waals surface area (Å²) in [7, 11) is 0. The minimum Gasteiger partial charge on any atom is -0.478 e. The van der Waals surface area contributed by atoms with Gasteiger partial charge in [-0.15, -0.1) is 0 Å². The van der Waals surface area contributed by atoms with Crippen LogP contribution in [0, 0.1) is 0 Å². The summed E-state index contributed by atoms with van der Waals surface area (Å²) in [5.41, 5.74) is 8.15. The van der Waals surface area contributed by atoms with Crippen molar-refractivity contribution in [3.8, 4) is 5.75 Å². The minimum absolute atomic E-state index is 0.520. The molecule has 118 valence electrons. The van der Waals surface area contributed by atoms with Crippen LogP contribution in [0.3, 0.4) is 0 Å². The van der Waals surface area contributed by atoms with Crippen molar-refractivity contribution in [3.05, 3.63) is 65.9 Å². The lowest BCUT2D eigenvalue weighted by molar-refractivity contribution is -0.145. The predicted molar refractivity (Wildman–Crippen MR) is 88.5 cm³/mol. The molecule has 0 saturated heterocycles. The molecule has 23 heavy (non-hydrogen) atoms. The Morgan fingerprint density at radius 2 is 2.09 bits per heavy atom. The summed E-state index contributed by atoms with van der Waals surface area (Å²) in [6.07, 6.45) is 1.48. The van der Waals surface area contributed by atoms with Crippen LogP contribution in [-0.4, -0.2) is 22.6 Å². The van der Waals surface area contributed by atoms with Gasteiger partial charge >= 0.3 is 5.97 Å². The molecule has 1 atom stereocenters. The van der Waals surface area contributed by atoms with E-state index in [1.165, 1.54) is 0 Å². The number of aromatic nitrogens is 1. The number of carboxylic acid groups (broad SMARTS) is 1. The number of fused-ring (bicyclic) bond motifs is 1. The molecule has 4 N–H and O–H groups in total. The van der Waals surface area contributed by atoms with Crippen molar-refractivity contribution in [2.75, 3.05) is 6.54 Å². The van der Waals surface area contributed by atoms with Crippen LogP contribution in [0.2, 0.25) is 0 Å². The van der Waals surface area contributed by atoms with Gasteiger partial charge in [0.15, 0.2) is 0 Å². The third kappa shape index (κ3) is 3.35. The fourth-order valence-electron chi connectivity index (χ4n) is 2.58. The summed E-state index contributed by atoms with van der Waals surface area (Å²) in [5.74, 6) is -0.502. The standard InChI is InChI=1S/C18H18N2O3/c19-8-6-12-2-1-3-14(10-12)17(18(21)22)23-15-4-5-16-13(11-15)7-9-20-16/h1-5,7,9-11,17,20H,6,8,19H2,(H,21,22). The van der Waals surface area contributed by atoms with Gasteiger partial charge in [-0.3, -0.25) is 0 Å². The largest absolute Gasteiger partial charge is 0.478 e. The van der Waals surface area contributed by atoms with Crippen molar-refractivity contribution in [1.82, 2.24) is 4.98 Å². The van der Waals surface area contributed by atoms with Crippen LogP contribution in [0.1, 0.15) is 17.2 Å². The number of H-pyrrole nitrogens is 1. The lowest BCUT2D eigenvalue weighted by Gasteiger charge is -2.16. The SMILES string of the molecule is NCCc1cccc(C(Oc2ccc3[nH]ccc3c2)C(=O)O)c1. The number of aliphatic carboxylic acids is 1. The van der Waals surface area contributed by atoms with Gasteiger partial charge in [0.05, 0.1) is 0 Å². The molecule has 3 aromatic rings. The molecular formula is C18H18N2O3. The fraction of sp³-hybridized carbons (Fsp3) is 0.167. The van der Waals surface area contributed by atoms with Crippen molar-refractivity contribution in [2.45, 2.75) is 12.5 Å². The highest BCUT2D eigenvalue weighted by atomic mass is 16.5. The van der Waals surface area contributed by atoms with Crippen LogP contribution in [0.4, 0.5) is 0 Å². The number of nitrogens with one attached hydrogen (secondary N) is 1. The first-order valence-electron chi connectivity index (χ1n) is 7.43. The van der Waals surface area contributed by atoms with Gasteiger partial charge in [0, 0.05) is 22.7 Å². The highest BCUT2D eigenvalue weighted by Crippen LogP contribution is 2.26. The highest BCUT2D eigenvalue weighted by molar-refractivity contribution is 5.81. The summed E-state index contributed by atoms with van der Waals surface area (Å²) in [4.78, 5) is 14.7. The van der Waals surface area contributed by atoms with Crippen LogP contribution < -0.4 is 10.5 Å². The third-order valence-corrected chi connectivity index (χ3v) is 3.69.